The van der Waals surface area contributed by atoms with Gasteiger partial charge in [-0.1, -0.05) is 134 Å². The second-order valence-electron chi connectivity index (χ2n) is 31.0. The SMILES string of the molecule is C.CCOC(=O)[C@H](C)N.CCOC(=O)[C@H](C)NP(=O)(C/C=C/CC(C/C(C)=C/Cc1c(OC)c(C)c2c(c1OCC[Si](C)(C)C)C(=O)OC2)C(=O)OCC[Si](C)(C)C)OC.COc1c(C)c2c(c(OCC[Si](C)(C)C)c1C/C=C(\C)CC(C/C=C/CP(=O)(O)OC)C(=O)OCC[Si](C)(C)C)C(=O)OC2. The zero-order valence-electron chi connectivity index (χ0n) is 66.5. The first-order chi connectivity index (χ1) is 47.8. The fourth-order valence-corrected chi connectivity index (χ4v) is 15.4. The van der Waals surface area contributed by atoms with Gasteiger partial charge in [-0.15, -0.1) is 0 Å². The van der Waals surface area contributed by atoms with E-state index in [1.54, 1.807) is 60.1 Å². The molecule has 0 saturated heterocycles. The Kier molecular flexibility index (Phi) is 42.1. The number of methoxy groups -OCH3 is 2. The maximum atomic E-state index is 13.4. The highest BCUT2D eigenvalue weighted by Gasteiger charge is 2.36. The van der Waals surface area contributed by atoms with Crippen molar-refractivity contribution in [2.75, 3.05) is 80.4 Å². The Morgan fingerprint density at radius 2 is 0.913 bits per heavy atom. The van der Waals surface area contributed by atoms with Crippen LogP contribution in [0.1, 0.15) is 129 Å². The van der Waals surface area contributed by atoms with Gasteiger partial charge in [0.1, 0.15) is 59.4 Å². The minimum Gasteiger partial charge on any atom is -0.496 e. The van der Waals surface area contributed by atoms with E-state index in [1.165, 1.54) is 14.2 Å². The van der Waals surface area contributed by atoms with Crippen molar-refractivity contribution in [3.05, 3.63) is 92.1 Å². The predicted molar refractivity (Wildman–Crippen MR) is 425 cm³/mol. The van der Waals surface area contributed by atoms with Gasteiger partial charge in [-0.25, -0.2) is 14.7 Å². The maximum Gasteiger partial charge on any atom is 0.342 e. The Bertz CT molecular complexity index is 3380. The Labute approximate surface area is 626 Å². The normalized spacial score (nSPS) is 15.6. The summed E-state index contributed by atoms with van der Waals surface area (Å²) in [5.41, 5.74) is 12.9. The summed E-state index contributed by atoms with van der Waals surface area (Å²) in [5.74, 6) is -0.797. The average molecular weight is 1570 g/mol. The lowest BCUT2D eigenvalue weighted by atomic mass is 9.93. The summed E-state index contributed by atoms with van der Waals surface area (Å²) in [4.78, 5) is 84.5. The smallest absolute Gasteiger partial charge is 0.342 e. The molecule has 4 rings (SSSR count). The molecule has 23 nitrogen and oxygen atoms in total. The molecule has 2 aliphatic heterocycles. The highest BCUT2D eigenvalue weighted by Crippen LogP contribution is 2.46. The molecule has 4 unspecified atom stereocenters. The van der Waals surface area contributed by atoms with E-state index in [0.29, 0.717) is 106 Å². The lowest BCUT2D eigenvalue weighted by molar-refractivity contribution is -0.148. The average Bonchev–Trinajstić information content (AvgIpc) is 1.56. The molecule has 2 aromatic carbocycles. The van der Waals surface area contributed by atoms with Gasteiger partial charge in [0, 0.05) is 68.8 Å². The second-order valence-corrected chi connectivity index (χ2v) is 57.8. The third-order valence-corrected chi connectivity index (χ3v) is 27.0. The summed E-state index contributed by atoms with van der Waals surface area (Å²) in [7, 11) is -6.89. The Morgan fingerprint density at radius 3 is 1.24 bits per heavy atom. The number of hydrogen-bond donors (Lipinski definition) is 3. The molecule has 0 bridgehead atoms. The molecular weight excluding hydrogens is 1440 g/mol. The van der Waals surface area contributed by atoms with Crippen LogP contribution in [0, 0.1) is 25.7 Å². The molecule has 2 heterocycles. The summed E-state index contributed by atoms with van der Waals surface area (Å²) < 4.78 is 91.3. The van der Waals surface area contributed by atoms with Gasteiger partial charge in [-0.05, 0) is 129 Å². The number of carbonyl (C=O) groups excluding carboxylic acids is 6. The van der Waals surface area contributed by atoms with Crippen LogP contribution in [0.5, 0.6) is 23.0 Å². The van der Waals surface area contributed by atoms with E-state index in [2.05, 4.69) is 92.9 Å². The topological polar surface area (TPSA) is 306 Å². The van der Waals surface area contributed by atoms with Gasteiger partial charge in [-0.2, -0.15) is 0 Å². The molecule has 6 atom stereocenters. The third-order valence-electron chi connectivity index (χ3n) is 16.9. The number of cyclic esters (lactones) is 2. The zero-order chi connectivity index (χ0) is 78.4. The fourth-order valence-electron chi connectivity index (χ4n) is 10.5. The maximum absolute atomic E-state index is 13.4. The van der Waals surface area contributed by atoms with Crippen molar-refractivity contribution < 1.29 is 99.2 Å². The molecule has 4 N–H and O–H groups in total. The van der Waals surface area contributed by atoms with Crippen molar-refractivity contribution in [3.63, 3.8) is 0 Å². The highest BCUT2D eigenvalue weighted by molar-refractivity contribution is 7.57. The lowest BCUT2D eigenvalue weighted by Crippen LogP contribution is -2.34. The molecule has 0 saturated carbocycles. The number of ether oxygens (including phenoxy) is 10. The standard InChI is InChI=1S/C37H62NO10PSi2.C32H53O9PSi2.C5H11NO2.CH4/c1-13-45-35(39)28(4)38-49(42,44-6)21-15-14-16-29(36(40)47-20-23-51(10,11)12)24-26(2)17-18-30-33(43-5)27(3)31-25-48-37(41)32(31)34(30)46-19-22-50(7,8)9;1-23(21-25(13-11-12-18-42(35,36)38-4)31(33)40-17-20-44(8,9)10)14-15-26-29(37-3)24(2)27-22-41-32(34)28(27)30(26)39-16-19-43(5,6)7;1-3-8-5(7)4(2)6;/h14-15,17,28-29H,13,16,18-25H2,1-12H3,(H,38,42);11-12,14,25H,13,15-22H2,1-10H3,(H,35,36);4H,3,6H2,1-2H3;1H4/b15-14+,26-17+;12-11+,23-14+;;/t28-,29?,49?;;4-;/m0.0./s1. The van der Waals surface area contributed by atoms with Gasteiger partial charge in [0.15, 0.2) is 0 Å². The largest absolute Gasteiger partial charge is 0.496 e. The molecule has 0 amide bonds. The molecule has 0 aromatic heterocycles. The number of benzene rings is 2. The van der Waals surface area contributed by atoms with Crippen LogP contribution in [0.15, 0.2) is 47.6 Å². The fraction of sp³-hybridized carbons (Fsp3) is 0.653. The van der Waals surface area contributed by atoms with Crippen molar-refractivity contribution in [1.29, 1.82) is 0 Å². The number of allylic oxidation sites excluding steroid dienone is 8. The number of esters is 6. The van der Waals surface area contributed by atoms with Gasteiger partial charge in [0.05, 0.1) is 78.0 Å². The number of nitrogens with one attached hydrogen (secondary N) is 1. The molecule has 2 aromatic rings. The van der Waals surface area contributed by atoms with Crippen LogP contribution in [-0.2, 0) is 91.8 Å². The molecule has 0 radical (unpaired) electrons. The van der Waals surface area contributed by atoms with Gasteiger partial charge in [0.2, 0.25) is 0 Å². The minimum atomic E-state index is -3.67. The molecule has 104 heavy (non-hydrogen) atoms. The Morgan fingerprint density at radius 1 is 0.548 bits per heavy atom. The van der Waals surface area contributed by atoms with Crippen LogP contribution < -0.4 is 29.8 Å². The first-order valence-electron chi connectivity index (χ1n) is 35.7. The zero-order valence-corrected chi connectivity index (χ0v) is 72.3. The second kappa shape index (κ2) is 45.4. The first-order valence-corrected chi connectivity index (χ1v) is 54.1. The van der Waals surface area contributed by atoms with Crippen LogP contribution >= 0.6 is 15.1 Å². The first kappa shape index (κ1) is 96.6. The summed E-state index contributed by atoms with van der Waals surface area (Å²) in [6.45, 7) is 44.2. The van der Waals surface area contributed by atoms with Crippen LogP contribution in [0.25, 0.3) is 0 Å². The summed E-state index contributed by atoms with van der Waals surface area (Å²) in [5, 5.41) is 2.76. The van der Waals surface area contributed by atoms with Gasteiger partial charge >= 0.3 is 43.4 Å². The van der Waals surface area contributed by atoms with Crippen molar-refractivity contribution in [2.45, 2.75) is 229 Å². The molecule has 2 aliphatic rings. The number of nitrogens with two attached hydrogens (primary N) is 1. The monoisotopic (exact) mass is 1570 g/mol. The van der Waals surface area contributed by atoms with Crippen molar-refractivity contribution in [3.8, 4) is 23.0 Å². The van der Waals surface area contributed by atoms with Crippen LogP contribution in [0.2, 0.25) is 103 Å². The molecule has 0 spiro atoms. The number of fused-ring (bicyclic) bond motifs is 2. The van der Waals surface area contributed by atoms with Crippen molar-refractivity contribution in [2.24, 2.45) is 17.6 Å². The van der Waals surface area contributed by atoms with Crippen molar-refractivity contribution in [1.82, 2.24) is 5.09 Å². The van der Waals surface area contributed by atoms with E-state index >= 15 is 0 Å². The van der Waals surface area contributed by atoms with E-state index in [9.17, 15) is 42.8 Å². The van der Waals surface area contributed by atoms with Gasteiger partial charge in [-0.3, -0.25) is 28.3 Å². The van der Waals surface area contributed by atoms with Gasteiger partial charge < -0.3 is 67.0 Å². The quantitative estimate of drug-likeness (QED) is 0.0183. The van der Waals surface area contributed by atoms with E-state index in [0.717, 1.165) is 68.7 Å². The number of rotatable bonds is 42. The Balaban J connectivity index is 0.000000938. The molecule has 592 valence electrons. The lowest BCUT2D eigenvalue weighted by Gasteiger charge is -2.22. The summed E-state index contributed by atoms with van der Waals surface area (Å²) in [6, 6.07) is 2.30. The molecule has 0 fully saturated rings. The molecule has 29 heteroatoms. The summed E-state index contributed by atoms with van der Waals surface area (Å²) in [6.07, 6.45) is 13.3. The van der Waals surface area contributed by atoms with Crippen LogP contribution in [-0.4, -0.2) is 165 Å². The predicted octanol–water partition coefficient (Wildman–Crippen LogP) is 16.2. The van der Waals surface area contributed by atoms with E-state index < -0.39 is 83.3 Å². The van der Waals surface area contributed by atoms with Crippen LogP contribution in [0.3, 0.4) is 0 Å². The highest BCUT2D eigenvalue weighted by atomic mass is 31.2. The molecular formula is C75H130N2O21P2Si4. The van der Waals surface area contributed by atoms with Crippen molar-refractivity contribution >= 4 is 83.2 Å². The van der Waals surface area contributed by atoms with Gasteiger partial charge in [0.25, 0.3) is 7.52 Å². The summed E-state index contributed by atoms with van der Waals surface area (Å²) >= 11 is 0. The third kappa shape index (κ3) is 34.6. The van der Waals surface area contributed by atoms with E-state index in [4.69, 9.17) is 52.9 Å². The molecule has 0 aliphatic carbocycles. The number of carbonyl (C=O) groups is 6. The Hall–Kier alpha value is -5.45. The van der Waals surface area contributed by atoms with E-state index in [-0.39, 0.29) is 63.4 Å². The minimum absolute atomic E-state index is 0. The van der Waals surface area contributed by atoms with Crippen LogP contribution in [0.4, 0.5) is 0 Å². The van der Waals surface area contributed by atoms with E-state index in [1.807, 2.05) is 45.9 Å². The number of hydrogen-bond acceptors (Lipinski definition) is 21.